The zero-order valence-electron chi connectivity index (χ0n) is 10.8. The quantitative estimate of drug-likeness (QED) is 0.814. The summed E-state index contributed by atoms with van der Waals surface area (Å²) in [4.78, 5) is 11.9. The molecule has 3 nitrogen and oxygen atoms in total. The molecule has 2 fully saturated rings. The van der Waals surface area contributed by atoms with Gasteiger partial charge in [0.2, 0.25) is 5.91 Å². The second-order valence-corrected chi connectivity index (χ2v) is 5.43. The first-order valence-electron chi connectivity index (χ1n) is 6.77. The molecule has 4 heteroatoms. The molecule has 1 heterocycles. The molecule has 0 aromatic rings. The van der Waals surface area contributed by atoms with Crippen LogP contribution in [0.2, 0.25) is 0 Å². The van der Waals surface area contributed by atoms with Crippen molar-refractivity contribution in [1.29, 1.82) is 0 Å². The summed E-state index contributed by atoms with van der Waals surface area (Å²) in [6, 6.07) is 0.0790. The van der Waals surface area contributed by atoms with Gasteiger partial charge in [0.15, 0.2) is 0 Å². The lowest BCUT2D eigenvalue weighted by molar-refractivity contribution is -0.123. The van der Waals surface area contributed by atoms with Gasteiger partial charge in [0.05, 0.1) is 6.04 Å². The first-order valence-corrected chi connectivity index (χ1v) is 6.77. The Bertz CT molecular complexity index is 246. The van der Waals surface area contributed by atoms with Crippen molar-refractivity contribution in [2.75, 3.05) is 13.1 Å². The molecule has 1 aliphatic carbocycles. The van der Waals surface area contributed by atoms with Crippen molar-refractivity contribution in [2.24, 2.45) is 5.41 Å². The summed E-state index contributed by atoms with van der Waals surface area (Å²) in [5.74, 6) is 0.220. The van der Waals surface area contributed by atoms with Crippen LogP contribution in [0.15, 0.2) is 0 Å². The molecule has 1 saturated carbocycles. The highest BCUT2D eigenvalue weighted by Gasteiger charge is 2.33. The average molecular weight is 261 g/mol. The van der Waals surface area contributed by atoms with Crippen molar-refractivity contribution >= 4 is 18.3 Å². The minimum Gasteiger partial charge on any atom is -0.354 e. The summed E-state index contributed by atoms with van der Waals surface area (Å²) < 4.78 is 0. The molecule has 2 rings (SSSR count). The maximum Gasteiger partial charge on any atom is 0.237 e. The van der Waals surface area contributed by atoms with Crippen LogP contribution in [0.4, 0.5) is 0 Å². The van der Waals surface area contributed by atoms with Crippen LogP contribution in [0, 0.1) is 5.41 Å². The Morgan fingerprint density at radius 3 is 2.59 bits per heavy atom. The first-order chi connectivity index (χ1) is 7.76. The topological polar surface area (TPSA) is 41.1 Å². The number of halogens is 1. The van der Waals surface area contributed by atoms with Gasteiger partial charge in [0.25, 0.3) is 0 Å². The van der Waals surface area contributed by atoms with Gasteiger partial charge in [-0.3, -0.25) is 4.79 Å². The van der Waals surface area contributed by atoms with Crippen molar-refractivity contribution < 1.29 is 4.79 Å². The number of nitrogens with one attached hydrogen (secondary N) is 2. The second kappa shape index (κ2) is 6.60. The molecule has 0 aromatic carbocycles. The molecule has 1 amide bonds. The van der Waals surface area contributed by atoms with Crippen LogP contribution in [0.1, 0.15) is 51.9 Å². The van der Waals surface area contributed by atoms with E-state index < -0.39 is 0 Å². The summed E-state index contributed by atoms with van der Waals surface area (Å²) in [6.07, 6.45) is 8.61. The maximum absolute atomic E-state index is 11.9. The van der Waals surface area contributed by atoms with Gasteiger partial charge in [-0.05, 0) is 44.1 Å². The van der Waals surface area contributed by atoms with E-state index in [1.54, 1.807) is 0 Å². The standard InChI is InChI=1S/C13H24N2O.ClH/c1-2-13(7-3-4-8-13)10-15-12(16)11-6-5-9-14-11;/h11,14H,2-10H2,1H3,(H,15,16);1H. The monoisotopic (exact) mass is 260 g/mol. The van der Waals surface area contributed by atoms with E-state index in [4.69, 9.17) is 0 Å². The maximum atomic E-state index is 11.9. The molecule has 1 atom stereocenters. The third kappa shape index (κ3) is 3.59. The molecule has 0 radical (unpaired) electrons. The minimum atomic E-state index is 0. The SMILES string of the molecule is CCC1(CNC(=O)C2CCCN2)CCCC1.Cl. The summed E-state index contributed by atoms with van der Waals surface area (Å²) in [6.45, 7) is 4.14. The van der Waals surface area contributed by atoms with Crippen LogP contribution in [0.3, 0.4) is 0 Å². The van der Waals surface area contributed by atoms with Crippen LogP contribution in [-0.4, -0.2) is 25.0 Å². The summed E-state index contributed by atoms with van der Waals surface area (Å²) in [7, 11) is 0. The summed E-state index contributed by atoms with van der Waals surface area (Å²) in [5, 5.41) is 6.41. The van der Waals surface area contributed by atoms with Gasteiger partial charge >= 0.3 is 0 Å². The lowest BCUT2D eigenvalue weighted by atomic mass is 9.83. The lowest BCUT2D eigenvalue weighted by Gasteiger charge is -2.28. The fourth-order valence-corrected chi connectivity index (χ4v) is 3.09. The molecule has 2 aliphatic rings. The molecule has 1 saturated heterocycles. The van der Waals surface area contributed by atoms with Crippen LogP contribution in [0.5, 0.6) is 0 Å². The molecule has 0 bridgehead atoms. The van der Waals surface area contributed by atoms with Crippen LogP contribution in [-0.2, 0) is 4.79 Å². The van der Waals surface area contributed by atoms with Crippen molar-refractivity contribution in [1.82, 2.24) is 10.6 Å². The van der Waals surface area contributed by atoms with E-state index in [-0.39, 0.29) is 24.4 Å². The predicted molar refractivity (Wildman–Crippen MR) is 72.5 cm³/mol. The highest BCUT2D eigenvalue weighted by molar-refractivity contribution is 5.85. The van der Waals surface area contributed by atoms with Crippen LogP contribution < -0.4 is 10.6 Å². The Labute approximate surface area is 111 Å². The third-order valence-electron chi connectivity index (χ3n) is 4.43. The van der Waals surface area contributed by atoms with Crippen molar-refractivity contribution in [3.8, 4) is 0 Å². The molecule has 100 valence electrons. The Hall–Kier alpha value is -0.280. The number of carbonyl (C=O) groups is 1. The molecular weight excluding hydrogens is 236 g/mol. The highest BCUT2D eigenvalue weighted by Crippen LogP contribution is 2.40. The second-order valence-electron chi connectivity index (χ2n) is 5.43. The lowest BCUT2D eigenvalue weighted by Crippen LogP contribution is -2.44. The van der Waals surface area contributed by atoms with Gasteiger partial charge < -0.3 is 10.6 Å². The van der Waals surface area contributed by atoms with E-state index in [9.17, 15) is 4.79 Å². The highest BCUT2D eigenvalue weighted by atomic mass is 35.5. The van der Waals surface area contributed by atoms with Gasteiger partial charge in [-0.15, -0.1) is 12.4 Å². The Morgan fingerprint density at radius 1 is 1.35 bits per heavy atom. The molecule has 0 spiro atoms. The van der Waals surface area contributed by atoms with E-state index in [0.29, 0.717) is 5.41 Å². The summed E-state index contributed by atoms with van der Waals surface area (Å²) >= 11 is 0. The van der Waals surface area contributed by atoms with Crippen molar-refractivity contribution in [2.45, 2.75) is 57.9 Å². The fourth-order valence-electron chi connectivity index (χ4n) is 3.09. The number of rotatable bonds is 4. The molecular formula is C13H25ClN2O. The molecule has 17 heavy (non-hydrogen) atoms. The number of hydrogen-bond acceptors (Lipinski definition) is 2. The Morgan fingerprint density at radius 2 is 2.06 bits per heavy atom. The largest absolute Gasteiger partial charge is 0.354 e. The van der Waals surface area contributed by atoms with E-state index in [1.165, 1.54) is 32.1 Å². The smallest absolute Gasteiger partial charge is 0.237 e. The van der Waals surface area contributed by atoms with E-state index >= 15 is 0 Å². The average Bonchev–Trinajstić information content (AvgIpc) is 2.98. The number of hydrogen-bond donors (Lipinski definition) is 2. The van der Waals surface area contributed by atoms with E-state index in [0.717, 1.165) is 25.9 Å². The zero-order valence-corrected chi connectivity index (χ0v) is 11.6. The molecule has 1 unspecified atom stereocenters. The van der Waals surface area contributed by atoms with Gasteiger partial charge in [-0.2, -0.15) is 0 Å². The van der Waals surface area contributed by atoms with Gasteiger partial charge in [0, 0.05) is 6.54 Å². The Balaban J connectivity index is 0.00000144. The number of carbonyl (C=O) groups excluding carboxylic acids is 1. The molecule has 2 N–H and O–H groups in total. The fraction of sp³-hybridized carbons (Fsp3) is 0.923. The van der Waals surface area contributed by atoms with Gasteiger partial charge in [-0.25, -0.2) is 0 Å². The third-order valence-corrected chi connectivity index (χ3v) is 4.43. The minimum absolute atomic E-state index is 0. The van der Waals surface area contributed by atoms with Crippen LogP contribution in [0.25, 0.3) is 0 Å². The van der Waals surface area contributed by atoms with Gasteiger partial charge in [0.1, 0.15) is 0 Å². The van der Waals surface area contributed by atoms with E-state index in [1.807, 2.05) is 0 Å². The Kier molecular flexibility index (Phi) is 5.74. The first kappa shape index (κ1) is 14.8. The normalized spacial score (nSPS) is 26.5. The van der Waals surface area contributed by atoms with Crippen molar-refractivity contribution in [3.05, 3.63) is 0 Å². The van der Waals surface area contributed by atoms with Crippen LogP contribution >= 0.6 is 12.4 Å². The molecule has 0 aromatic heterocycles. The van der Waals surface area contributed by atoms with E-state index in [2.05, 4.69) is 17.6 Å². The van der Waals surface area contributed by atoms with Crippen molar-refractivity contribution in [3.63, 3.8) is 0 Å². The number of amides is 1. The predicted octanol–water partition coefficient (Wildman–Crippen LogP) is 2.25. The zero-order chi connectivity index (χ0) is 11.4. The summed E-state index contributed by atoms with van der Waals surface area (Å²) in [5.41, 5.74) is 0.411. The molecule has 1 aliphatic heterocycles. The van der Waals surface area contributed by atoms with Gasteiger partial charge in [-0.1, -0.05) is 19.8 Å².